The van der Waals surface area contributed by atoms with Gasteiger partial charge in [0.25, 0.3) is 5.56 Å². The zero-order valence-electron chi connectivity index (χ0n) is 19.7. The fourth-order valence-electron chi connectivity index (χ4n) is 5.55. The predicted octanol–water partition coefficient (Wildman–Crippen LogP) is 1.89. The normalized spacial score (nSPS) is 24.4. The van der Waals surface area contributed by atoms with Gasteiger partial charge in [-0.05, 0) is 49.7 Å². The van der Waals surface area contributed by atoms with E-state index in [9.17, 15) is 9.82 Å². The largest absolute Gasteiger partial charge is 0.496 e. The molecule has 2 aliphatic heterocycles. The maximum Gasteiger partial charge on any atom is 0.376 e. The van der Waals surface area contributed by atoms with Gasteiger partial charge in [-0.2, -0.15) is 0 Å². The summed E-state index contributed by atoms with van der Waals surface area (Å²) in [4.78, 5) is 20.7. The van der Waals surface area contributed by atoms with E-state index in [1.165, 1.54) is 11.7 Å². The SMILES string of the molecule is COc1cc2c(=O)n(C)ccc2cc1-c1ncc(N(C)[C@@H]2CC3CCC([C@@H]2F)N3B(C)O)nn1. The molecule has 0 radical (unpaired) electrons. The molecule has 4 heterocycles. The molecule has 2 fully saturated rings. The lowest BCUT2D eigenvalue weighted by Crippen LogP contribution is -2.60. The number of hydrogen-bond donors (Lipinski definition) is 1. The van der Waals surface area contributed by atoms with Gasteiger partial charge in [-0.1, -0.05) is 0 Å². The van der Waals surface area contributed by atoms with E-state index in [1.54, 1.807) is 37.2 Å². The van der Waals surface area contributed by atoms with Crippen molar-refractivity contribution in [2.45, 2.75) is 50.4 Å². The highest BCUT2D eigenvalue weighted by Crippen LogP contribution is 2.40. The number of alkyl halides is 1. The quantitative estimate of drug-likeness (QED) is 0.570. The Kier molecular flexibility index (Phi) is 5.77. The summed E-state index contributed by atoms with van der Waals surface area (Å²) in [6.07, 6.45) is 4.43. The van der Waals surface area contributed by atoms with Crippen molar-refractivity contribution in [2.24, 2.45) is 7.05 Å². The van der Waals surface area contributed by atoms with Gasteiger partial charge in [0.05, 0.1) is 30.3 Å². The summed E-state index contributed by atoms with van der Waals surface area (Å²) in [5.74, 6) is 1.32. The zero-order valence-corrected chi connectivity index (χ0v) is 19.7. The van der Waals surface area contributed by atoms with Crippen molar-refractivity contribution in [3.63, 3.8) is 0 Å². The number of rotatable bonds is 5. The third-order valence-electron chi connectivity index (χ3n) is 7.33. The molecule has 0 aliphatic carbocycles. The van der Waals surface area contributed by atoms with Crippen LogP contribution < -0.4 is 15.2 Å². The first-order valence-electron chi connectivity index (χ1n) is 11.5. The second-order valence-corrected chi connectivity index (χ2v) is 9.25. The molecule has 0 saturated carbocycles. The van der Waals surface area contributed by atoms with E-state index in [0.717, 1.165) is 18.2 Å². The average molecular weight is 466 g/mol. The molecule has 2 aromatic heterocycles. The fraction of sp³-hybridized carbons (Fsp3) is 0.478. The van der Waals surface area contributed by atoms with Crippen LogP contribution in [0, 0.1) is 0 Å². The number of benzene rings is 1. The van der Waals surface area contributed by atoms with Gasteiger partial charge in [0.2, 0.25) is 0 Å². The molecular formula is C23H28BFN6O3. The van der Waals surface area contributed by atoms with E-state index in [2.05, 4.69) is 15.2 Å². The van der Waals surface area contributed by atoms with Crippen molar-refractivity contribution in [1.29, 1.82) is 0 Å². The Morgan fingerprint density at radius 3 is 2.76 bits per heavy atom. The van der Waals surface area contributed by atoms with Crippen LogP contribution in [0.15, 0.2) is 35.4 Å². The van der Waals surface area contributed by atoms with Crippen LogP contribution in [0.4, 0.5) is 10.2 Å². The molecule has 0 spiro atoms. The van der Waals surface area contributed by atoms with E-state index in [1.807, 2.05) is 24.0 Å². The molecule has 1 N–H and O–H groups in total. The maximum absolute atomic E-state index is 15.4. The summed E-state index contributed by atoms with van der Waals surface area (Å²) in [5, 5.41) is 20.0. The number of piperidine rings is 1. The lowest BCUT2D eigenvalue weighted by atomic mass is 9.78. The van der Waals surface area contributed by atoms with E-state index >= 15 is 4.39 Å². The number of aryl methyl sites for hydroxylation is 1. The van der Waals surface area contributed by atoms with Crippen LogP contribution in [0.5, 0.6) is 5.75 Å². The second kappa shape index (κ2) is 8.63. The highest BCUT2D eigenvalue weighted by molar-refractivity contribution is 6.45. The Morgan fingerprint density at radius 2 is 2.09 bits per heavy atom. The summed E-state index contributed by atoms with van der Waals surface area (Å²) < 4.78 is 22.5. The standard InChI is InChI=1S/C23H28BFN6O3/c1-24(33)31-14-5-6-17(31)21(25)18(10-14)30(3)20-12-26-22(28-27-20)16-9-13-7-8-29(2)23(32)15(13)11-19(16)34-4/h7-9,11-12,14,17-18,21,33H,5-6,10H2,1-4H3/t14?,17?,18-,21+/m1/s1. The van der Waals surface area contributed by atoms with Crippen molar-refractivity contribution in [3.05, 3.63) is 40.9 Å². The van der Waals surface area contributed by atoms with Crippen LogP contribution in [0.3, 0.4) is 0 Å². The molecule has 1 aromatic carbocycles. The van der Waals surface area contributed by atoms with Crippen molar-refractivity contribution >= 4 is 23.6 Å². The molecule has 11 heteroatoms. The first-order valence-corrected chi connectivity index (χ1v) is 11.5. The van der Waals surface area contributed by atoms with Gasteiger partial charge in [-0.25, -0.2) is 9.37 Å². The number of aromatic nitrogens is 4. The van der Waals surface area contributed by atoms with Gasteiger partial charge in [0.15, 0.2) is 11.6 Å². The summed E-state index contributed by atoms with van der Waals surface area (Å²) in [6.45, 7) is 1.70. The van der Waals surface area contributed by atoms with Gasteiger partial charge in [-0.3, -0.25) is 4.79 Å². The second-order valence-electron chi connectivity index (χ2n) is 9.25. The van der Waals surface area contributed by atoms with Gasteiger partial charge in [0.1, 0.15) is 11.9 Å². The van der Waals surface area contributed by atoms with Gasteiger partial charge in [-0.15, -0.1) is 10.2 Å². The van der Waals surface area contributed by atoms with E-state index in [4.69, 9.17) is 4.74 Å². The minimum atomic E-state index is -1.11. The number of fused-ring (bicyclic) bond motifs is 3. The van der Waals surface area contributed by atoms with Crippen LogP contribution in [-0.4, -0.2) is 75.1 Å². The Morgan fingerprint density at radius 1 is 1.29 bits per heavy atom. The monoisotopic (exact) mass is 466 g/mol. The number of hydrogen-bond acceptors (Lipinski definition) is 8. The van der Waals surface area contributed by atoms with Crippen molar-refractivity contribution < 1.29 is 14.2 Å². The fourth-order valence-corrected chi connectivity index (χ4v) is 5.55. The number of nitrogens with zero attached hydrogens (tertiary/aromatic N) is 6. The molecule has 0 amide bonds. The molecule has 3 aromatic rings. The molecular weight excluding hydrogens is 438 g/mol. The molecule has 34 heavy (non-hydrogen) atoms. The third-order valence-corrected chi connectivity index (χ3v) is 7.33. The van der Waals surface area contributed by atoms with Crippen LogP contribution in [0.1, 0.15) is 19.3 Å². The lowest BCUT2D eigenvalue weighted by molar-refractivity contribution is 0.0962. The Balaban J connectivity index is 1.43. The maximum atomic E-state index is 15.4. The zero-order chi connectivity index (χ0) is 24.1. The summed E-state index contributed by atoms with van der Waals surface area (Å²) in [7, 11) is 4.39. The summed E-state index contributed by atoms with van der Waals surface area (Å²) in [5.41, 5.74) is 0.506. The number of ether oxygens (including phenoxy) is 1. The molecule has 178 valence electrons. The molecule has 2 aliphatic rings. The average Bonchev–Trinajstić information content (AvgIpc) is 3.20. The number of anilines is 1. The van der Waals surface area contributed by atoms with Crippen LogP contribution in [0.2, 0.25) is 6.82 Å². The minimum Gasteiger partial charge on any atom is -0.496 e. The first kappa shape index (κ1) is 22.7. The Hall–Kier alpha value is -3.05. The topological polar surface area (TPSA) is 96.6 Å². The van der Waals surface area contributed by atoms with Crippen molar-refractivity contribution in [1.82, 2.24) is 24.6 Å². The molecule has 4 atom stereocenters. The summed E-state index contributed by atoms with van der Waals surface area (Å²) >= 11 is 0. The highest BCUT2D eigenvalue weighted by Gasteiger charge is 2.51. The van der Waals surface area contributed by atoms with Gasteiger partial charge in [0, 0.05) is 32.4 Å². The van der Waals surface area contributed by atoms with Crippen LogP contribution >= 0.6 is 0 Å². The van der Waals surface area contributed by atoms with Crippen LogP contribution in [0.25, 0.3) is 22.2 Å². The van der Waals surface area contributed by atoms with E-state index < -0.39 is 13.2 Å². The molecule has 9 nitrogen and oxygen atoms in total. The third kappa shape index (κ3) is 3.63. The molecule has 2 bridgehead atoms. The van der Waals surface area contributed by atoms with E-state index in [-0.39, 0.29) is 23.7 Å². The molecule has 5 rings (SSSR count). The smallest absolute Gasteiger partial charge is 0.376 e. The number of halogens is 1. The highest BCUT2D eigenvalue weighted by atomic mass is 19.1. The van der Waals surface area contributed by atoms with Gasteiger partial charge < -0.3 is 24.0 Å². The van der Waals surface area contributed by atoms with Crippen LogP contribution in [-0.2, 0) is 7.05 Å². The van der Waals surface area contributed by atoms with E-state index in [0.29, 0.717) is 34.8 Å². The number of pyridine rings is 1. The van der Waals surface area contributed by atoms with Crippen molar-refractivity contribution in [3.8, 4) is 17.1 Å². The first-order chi connectivity index (χ1) is 16.3. The van der Waals surface area contributed by atoms with Gasteiger partial charge >= 0.3 is 7.05 Å². The Bertz CT molecular complexity index is 1270. The predicted molar refractivity (Wildman–Crippen MR) is 129 cm³/mol. The number of methoxy groups -OCH3 is 1. The lowest BCUT2D eigenvalue weighted by Gasteiger charge is -2.45. The molecule has 2 saturated heterocycles. The minimum absolute atomic E-state index is 0.116. The Labute approximate surface area is 197 Å². The molecule has 2 unspecified atom stereocenters. The van der Waals surface area contributed by atoms with Crippen molar-refractivity contribution in [2.75, 3.05) is 19.1 Å². The summed E-state index contributed by atoms with van der Waals surface area (Å²) in [6, 6.07) is 4.86.